The first-order chi connectivity index (χ1) is 15.5. The number of nitrogens with zero attached hydrogens (tertiary/aromatic N) is 1. The lowest BCUT2D eigenvalue weighted by Crippen LogP contribution is -2.05. The monoisotopic (exact) mass is 431 g/mol. The van der Waals surface area contributed by atoms with Crippen LogP contribution in [0.3, 0.4) is 0 Å². The lowest BCUT2D eigenvalue weighted by atomic mass is 10.1. The van der Waals surface area contributed by atoms with Crippen LogP contribution in [0.15, 0.2) is 77.4 Å². The fraction of sp³-hybridized carbons (Fsp3) is 0.154. The van der Waals surface area contributed by atoms with E-state index in [1.807, 2.05) is 44.2 Å². The van der Waals surface area contributed by atoms with E-state index in [4.69, 9.17) is 14.2 Å². The summed E-state index contributed by atoms with van der Waals surface area (Å²) < 4.78 is 30.1. The number of benzene rings is 3. The van der Waals surface area contributed by atoms with Crippen molar-refractivity contribution in [1.82, 2.24) is 0 Å². The number of cyclic esters (lactones) is 1. The Hall–Kier alpha value is -3.93. The topological polar surface area (TPSA) is 57.1 Å². The summed E-state index contributed by atoms with van der Waals surface area (Å²) in [5.74, 6) is 0.564. The summed E-state index contributed by atoms with van der Waals surface area (Å²) in [7, 11) is 0. The fourth-order valence-electron chi connectivity index (χ4n) is 3.21. The summed E-state index contributed by atoms with van der Waals surface area (Å²) in [5.41, 5.74) is 3.54. The minimum Gasteiger partial charge on any atom is -0.490 e. The molecule has 0 bridgehead atoms. The number of ether oxygens (including phenoxy) is 3. The van der Waals surface area contributed by atoms with Crippen molar-refractivity contribution in [3.63, 3.8) is 0 Å². The van der Waals surface area contributed by atoms with Crippen LogP contribution in [0.1, 0.15) is 29.2 Å². The van der Waals surface area contributed by atoms with Gasteiger partial charge in [-0.1, -0.05) is 35.9 Å². The van der Waals surface area contributed by atoms with Crippen molar-refractivity contribution in [2.24, 2.45) is 4.99 Å². The van der Waals surface area contributed by atoms with Gasteiger partial charge in [-0.3, -0.25) is 0 Å². The first-order valence-electron chi connectivity index (χ1n) is 10.3. The minimum atomic E-state index is -0.510. The Bertz CT molecular complexity index is 1200. The Morgan fingerprint density at radius 1 is 1.00 bits per heavy atom. The summed E-state index contributed by atoms with van der Waals surface area (Å²) >= 11 is 0. The van der Waals surface area contributed by atoms with Crippen LogP contribution in [0.5, 0.6) is 11.5 Å². The molecule has 0 N–H and O–H groups in total. The molecule has 4 rings (SSSR count). The zero-order valence-corrected chi connectivity index (χ0v) is 17.8. The highest BCUT2D eigenvalue weighted by molar-refractivity contribution is 6.12. The molecule has 0 radical (unpaired) electrons. The number of aryl methyl sites for hydroxylation is 1. The second kappa shape index (κ2) is 9.47. The van der Waals surface area contributed by atoms with Gasteiger partial charge in [-0.25, -0.2) is 14.2 Å². The molecule has 162 valence electrons. The minimum absolute atomic E-state index is 0.204. The molecule has 0 fully saturated rings. The van der Waals surface area contributed by atoms with E-state index in [0.717, 1.165) is 16.7 Å². The molecule has 0 saturated heterocycles. The van der Waals surface area contributed by atoms with Gasteiger partial charge in [0.2, 0.25) is 5.90 Å². The molecule has 1 aliphatic heterocycles. The van der Waals surface area contributed by atoms with Crippen molar-refractivity contribution in [2.45, 2.75) is 20.5 Å². The number of hydrogen-bond acceptors (Lipinski definition) is 5. The molecular formula is C26H22FNO4. The maximum atomic E-state index is 13.1. The predicted molar refractivity (Wildman–Crippen MR) is 120 cm³/mol. The highest BCUT2D eigenvalue weighted by Gasteiger charge is 2.24. The molecule has 6 heteroatoms. The van der Waals surface area contributed by atoms with E-state index < -0.39 is 5.97 Å². The molecule has 0 amide bonds. The van der Waals surface area contributed by atoms with Crippen molar-refractivity contribution in [1.29, 1.82) is 0 Å². The van der Waals surface area contributed by atoms with Gasteiger partial charge >= 0.3 is 5.97 Å². The second-order valence-corrected chi connectivity index (χ2v) is 7.26. The average Bonchev–Trinajstić information content (AvgIpc) is 3.15. The molecule has 0 spiro atoms. The third-order valence-electron chi connectivity index (χ3n) is 4.76. The zero-order valence-electron chi connectivity index (χ0n) is 17.8. The number of carbonyl (C=O) groups excluding carboxylic acids is 1. The molecular weight excluding hydrogens is 409 g/mol. The largest absolute Gasteiger partial charge is 0.490 e. The molecule has 3 aromatic rings. The van der Waals surface area contributed by atoms with Gasteiger partial charge < -0.3 is 14.2 Å². The molecule has 0 atom stereocenters. The number of hydrogen-bond donors (Lipinski definition) is 0. The lowest BCUT2D eigenvalue weighted by Gasteiger charge is -2.13. The first kappa shape index (κ1) is 21.3. The normalized spacial score (nSPS) is 14.3. The van der Waals surface area contributed by atoms with Crippen molar-refractivity contribution in [3.8, 4) is 11.5 Å². The van der Waals surface area contributed by atoms with Gasteiger partial charge in [-0.15, -0.1) is 0 Å². The van der Waals surface area contributed by atoms with Crippen LogP contribution in [-0.2, 0) is 16.1 Å². The molecule has 5 nitrogen and oxygen atoms in total. The summed E-state index contributed by atoms with van der Waals surface area (Å²) in [6.07, 6.45) is 1.64. The number of rotatable bonds is 7. The van der Waals surface area contributed by atoms with Gasteiger partial charge in [0.1, 0.15) is 12.4 Å². The third-order valence-corrected chi connectivity index (χ3v) is 4.76. The Labute approximate surface area is 185 Å². The van der Waals surface area contributed by atoms with Gasteiger partial charge in [0.05, 0.1) is 6.61 Å². The van der Waals surface area contributed by atoms with Crippen LogP contribution >= 0.6 is 0 Å². The summed E-state index contributed by atoms with van der Waals surface area (Å²) in [5, 5.41) is 0. The van der Waals surface area contributed by atoms with Crippen molar-refractivity contribution < 1.29 is 23.4 Å². The third kappa shape index (κ3) is 5.03. The summed E-state index contributed by atoms with van der Waals surface area (Å²) in [4.78, 5) is 16.7. The van der Waals surface area contributed by atoms with Crippen LogP contribution in [0.2, 0.25) is 0 Å². The molecule has 1 heterocycles. The molecule has 0 aliphatic carbocycles. The standard InChI is InChI=1S/C26H22FNO4/c1-3-30-23-12-9-19(15-24(23)31-16-18-7-10-21(27)11-8-18)14-22-26(29)32-25(28-22)20-6-4-5-17(2)13-20/h4-15H,3,16H2,1-2H3/b22-14-. The molecule has 32 heavy (non-hydrogen) atoms. The number of aliphatic imine (C=N–C) groups is 1. The van der Waals surface area contributed by atoms with E-state index in [2.05, 4.69) is 4.99 Å². The number of halogens is 1. The van der Waals surface area contributed by atoms with E-state index in [1.54, 1.807) is 30.3 Å². The summed E-state index contributed by atoms with van der Waals surface area (Å²) in [6.45, 7) is 4.57. The molecule has 0 saturated carbocycles. The average molecular weight is 431 g/mol. The van der Waals surface area contributed by atoms with E-state index in [-0.39, 0.29) is 24.0 Å². The maximum absolute atomic E-state index is 13.1. The van der Waals surface area contributed by atoms with Crippen molar-refractivity contribution >= 4 is 17.9 Å². The van der Waals surface area contributed by atoms with Crippen LogP contribution in [0.25, 0.3) is 6.08 Å². The first-order valence-corrected chi connectivity index (χ1v) is 10.3. The fourth-order valence-corrected chi connectivity index (χ4v) is 3.21. The van der Waals surface area contributed by atoms with Gasteiger partial charge in [0, 0.05) is 5.56 Å². The Balaban J connectivity index is 1.59. The van der Waals surface area contributed by atoms with Crippen molar-refractivity contribution in [3.05, 3.63) is 100 Å². The van der Waals surface area contributed by atoms with E-state index in [1.165, 1.54) is 12.1 Å². The van der Waals surface area contributed by atoms with Crippen LogP contribution in [0, 0.1) is 12.7 Å². The number of carbonyl (C=O) groups is 1. The maximum Gasteiger partial charge on any atom is 0.363 e. The van der Waals surface area contributed by atoms with Crippen LogP contribution in [-0.4, -0.2) is 18.5 Å². The van der Waals surface area contributed by atoms with Gasteiger partial charge in [0.25, 0.3) is 0 Å². The molecule has 1 aliphatic rings. The zero-order chi connectivity index (χ0) is 22.5. The van der Waals surface area contributed by atoms with Gasteiger partial charge in [0.15, 0.2) is 17.2 Å². The lowest BCUT2D eigenvalue weighted by molar-refractivity contribution is -0.129. The van der Waals surface area contributed by atoms with E-state index in [9.17, 15) is 9.18 Å². The molecule has 0 aromatic heterocycles. The van der Waals surface area contributed by atoms with Crippen molar-refractivity contribution in [2.75, 3.05) is 6.61 Å². The van der Waals surface area contributed by atoms with E-state index >= 15 is 0 Å². The summed E-state index contributed by atoms with van der Waals surface area (Å²) in [6, 6.07) is 19.1. The Morgan fingerprint density at radius 3 is 2.56 bits per heavy atom. The van der Waals surface area contributed by atoms with Crippen LogP contribution in [0.4, 0.5) is 4.39 Å². The van der Waals surface area contributed by atoms with Gasteiger partial charge in [-0.05, 0) is 67.4 Å². The Morgan fingerprint density at radius 2 is 1.81 bits per heavy atom. The predicted octanol–water partition coefficient (Wildman–Crippen LogP) is 5.46. The quantitative estimate of drug-likeness (QED) is 0.368. The van der Waals surface area contributed by atoms with Crippen LogP contribution < -0.4 is 9.47 Å². The number of esters is 1. The molecule has 3 aromatic carbocycles. The van der Waals surface area contributed by atoms with Gasteiger partial charge in [-0.2, -0.15) is 0 Å². The van der Waals surface area contributed by atoms with E-state index in [0.29, 0.717) is 23.7 Å². The smallest absolute Gasteiger partial charge is 0.363 e. The second-order valence-electron chi connectivity index (χ2n) is 7.26. The highest BCUT2D eigenvalue weighted by Crippen LogP contribution is 2.31. The molecule has 0 unspecified atom stereocenters. The Kier molecular flexibility index (Phi) is 6.31. The highest BCUT2D eigenvalue weighted by atomic mass is 19.1. The SMILES string of the molecule is CCOc1ccc(/C=C2\N=C(c3cccc(C)c3)OC2=O)cc1OCc1ccc(F)cc1.